The van der Waals surface area contributed by atoms with Crippen molar-refractivity contribution in [2.75, 3.05) is 5.32 Å². The Bertz CT molecular complexity index is 961. The predicted octanol–water partition coefficient (Wildman–Crippen LogP) is 2.84. The Hall–Kier alpha value is -3.49. The van der Waals surface area contributed by atoms with Gasteiger partial charge in [0.2, 0.25) is 11.8 Å². The molecule has 0 aliphatic carbocycles. The number of carbonyl (C=O) groups excluding carboxylic acids is 2. The minimum atomic E-state index is -0.977. The molecule has 9 nitrogen and oxygen atoms in total. The molecule has 0 radical (unpaired) electrons. The van der Waals surface area contributed by atoms with Crippen molar-refractivity contribution in [3.8, 4) is 11.5 Å². The first-order chi connectivity index (χ1) is 13.4. The summed E-state index contributed by atoms with van der Waals surface area (Å²) in [5.41, 5.74) is 1.93. The summed E-state index contributed by atoms with van der Waals surface area (Å²) in [5.74, 6) is 0.487. The van der Waals surface area contributed by atoms with Crippen molar-refractivity contribution in [1.82, 2.24) is 15.4 Å². The molecule has 0 bridgehead atoms. The first kappa shape index (κ1) is 19.3. The Labute approximate surface area is 161 Å². The zero-order valence-electron chi connectivity index (χ0n) is 15.8. The molecule has 1 atom stereocenters. The molecule has 1 aromatic carbocycles. The van der Waals surface area contributed by atoms with E-state index in [1.54, 1.807) is 13.0 Å². The second-order valence-electron chi connectivity index (χ2n) is 6.31. The average molecular weight is 384 g/mol. The summed E-state index contributed by atoms with van der Waals surface area (Å²) in [5, 5.41) is 14.1. The van der Waals surface area contributed by atoms with Gasteiger partial charge in [-0.25, -0.2) is 0 Å². The van der Waals surface area contributed by atoms with Gasteiger partial charge in [-0.05, 0) is 32.9 Å². The Morgan fingerprint density at radius 1 is 1.18 bits per heavy atom. The maximum Gasteiger partial charge on any atom is 0.307 e. The van der Waals surface area contributed by atoms with Crippen molar-refractivity contribution in [1.29, 1.82) is 0 Å². The largest absolute Gasteiger partial charge is 0.453 e. The number of hydrogen-bond acceptors (Lipinski definition) is 8. The summed E-state index contributed by atoms with van der Waals surface area (Å²) in [6.45, 7) is 5.17. The third kappa shape index (κ3) is 5.03. The fourth-order valence-electron chi connectivity index (χ4n) is 2.34. The van der Waals surface area contributed by atoms with E-state index < -0.39 is 18.0 Å². The highest BCUT2D eigenvalue weighted by Gasteiger charge is 2.20. The molecule has 3 rings (SSSR count). The van der Waals surface area contributed by atoms with E-state index in [1.807, 2.05) is 31.2 Å². The van der Waals surface area contributed by atoms with E-state index >= 15 is 0 Å². The molecule has 0 unspecified atom stereocenters. The fourth-order valence-corrected chi connectivity index (χ4v) is 2.34. The molecule has 0 aliphatic heterocycles. The number of benzene rings is 1. The van der Waals surface area contributed by atoms with Gasteiger partial charge in [-0.3, -0.25) is 9.59 Å². The topological polar surface area (TPSA) is 120 Å². The van der Waals surface area contributed by atoms with Crippen molar-refractivity contribution in [3.63, 3.8) is 0 Å². The molecule has 9 heteroatoms. The monoisotopic (exact) mass is 384 g/mol. The highest BCUT2D eigenvalue weighted by molar-refractivity contribution is 5.94. The van der Waals surface area contributed by atoms with Gasteiger partial charge in [0.25, 0.3) is 5.91 Å². The number of rotatable bonds is 7. The molecule has 0 aliphatic rings. The van der Waals surface area contributed by atoms with Gasteiger partial charge in [0.15, 0.2) is 11.9 Å². The minimum Gasteiger partial charge on any atom is -0.453 e. The van der Waals surface area contributed by atoms with E-state index in [-0.39, 0.29) is 18.7 Å². The number of carbonyl (C=O) groups is 2. The molecular weight excluding hydrogens is 364 g/mol. The highest BCUT2D eigenvalue weighted by Crippen LogP contribution is 2.19. The van der Waals surface area contributed by atoms with Crippen molar-refractivity contribution in [2.45, 2.75) is 39.7 Å². The summed E-state index contributed by atoms with van der Waals surface area (Å²) >= 11 is 0. The van der Waals surface area contributed by atoms with Gasteiger partial charge in [-0.1, -0.05) is 22.9 Å². The lowest BCUT2D eigenvalue weighted by molar-refractivity contribution is -0.153. The van der Waals surface area contributed by atoms with Crippen LogP contribution in [0.5, 0.6) is 0 Å². The highest BCUT2D eigenvalue weighted by atomic mass is 16.5. The van der Waals surface area contributed by atoms with Crippen LogP contribution >= 0.6 is 0 Å². The van der Waals surface area contributed by atoms with Crippen molar-refractivity contribution >= 4 is 17.7 Å². The Morgan fingerprint density at radius 2 is 1.93 bits per heavy atom. The normalized spacial score (nSPS) is 11.8. The predicted molar refractivity (Wildman–Crippen MR) is 98.2 cm³/mol. The number of nitrogens with one attached hydrogen (secondary N) is 1. The SMILES string of the molecule is Cc1ccc(-c2nnc(CCC(=O)O[C@@H](C)C(=O)Nc3cc(C)on3)o2)cc1. The average Bonchev–Trinajstić information content (AvgIpc) is 3.29. The molecule has 3 aromatic rings. The quantitative estimate of drug-likeness (QED) is 0.617. The molecule has 2 aromatic heterocycles. The number of aryl methyl sites for hydroxylation is 3. The van der Waals surface area contributed by atoms with E-state index in [1.165, 1.54) is 6.92 Å². The van der Waals surface area contributed by atoms with Gasteiger partial charge in [-0.2, -0.15) is 0 Å². The van der Waals surface area contributed by atoms with Crippen LogP contribution in [0.4, 0.5) is 5.82 Å². The van der Waals surface area contributed by atoms with Crippen LogP contribution in [0.1, 0.15) is 30.6 Å². The molecule has 146 valence electrons. The van der Waals surface area contributed by atoms with E-state index in [0.717, 1.165) is 11.1 Å². The van der Waals surface area contributed by atoms with Crippen LogP contribution in [-0.2, 0) is 20.7 Å². The van der Waals surface area contributed by atoms with Gasteiger partial charge in [0.05, 0.1) is 6.42 Å². The standard InChI is InChI=1S/C19H20N4O5/c1-11-4-6-14(7-5-11)19-22-21-16(27-19)8-9-17(24)26-13(3)18(25)20-15-10-12(2)28-23-15/h4-7,10,13H,8-9H2,1-3H3,(H,20,23,25)/t13-/m0/s1. The third-order valence-electron chi connectivity index (χ3n) is 3.87. The van der Waals surface area contributed by atoms with Gasteiger partial charge >= 0.3 is 5.97 Å². The lowest BCUT2D eigenvalue weighted by Crippen LogP contribution is -2.30. The van der Waals surface area contributed by atoms with Crippen molar-refractivity contribution in [3.05, 3.63) is 47.5 Å². The maximum atomic E-state index is 12.0. The third-order valence-corrected chi connectivity index (χ3v) is 3.87. The lowest BCUT2D eigenvalue weighted by Gasteiger charge is -2.11. The number of anilines is 1. The molecule has 28 heavy (non-hydrogen) atoms. The second-order valence-corrected chi connectivity index (χ2v) is 6.31. The fraction of sp³-hybridized carbons (Fsp3) is 0.316. The minimum absolute atomic E-state index is 0.0101. The maximum absolute atomic E-state index is 12.0. The van der Waals surface area contributed by atoms with Crippen LogP contribution in [0.3, 0.4) is 0 Å². The summed E-state index contributed by atoms with van der Waals surface area (Å²) in [7, 11) is 0. The Balaban J connectivity index is 1.47. The van der Waals surface area contributed by atoms with Gasteiger partial charge < -0.3 is 19.0 Å². The molecule has 0 spiro atoms. The number of ether oxygens (including phenoxy) is 1. The number of aromatic nitrogens is 3. The van der Waals surface area contributed by atoms with Crippen molar-refractivity contribution < 1.29 is 23.3 Å². The zero-order valence-corrected chi connectivity index (χ0v) is 15.8. The molecule has 0 saturated carbocycles. The van der Waals surface area contributed by atoms with Gasteiger partial charge in [0, 0.05) is 18.1 Å². The number of nitrogens with zero attached hydrogens (tertiary/aromatic N) is 3. The molecular formula is C19H20N4O5. The first-order valence-electron chi connectivity index (χ1n) is 8.74. The first-order valence-corrected chi connectivity index (χ1v) is 8.74. The van der Waals surface area contributed by atoms with E-state index in [9.17, 15) is 9.59 Å². The van der Waals surface area contributed by atoms with Gasteiger partial charge in [-0.15, -0.1) is 10.2 Å². The number of esters is 1. The summed E-state index contributed by atoms with van der Waals surface area (Å²) in [6, 6.07) is 9.23. The summed E-state index contributed by atoms with van der Waals surface area (Å²) < 4.78 is 15.5. The summed E-state index contributed by atoms with van der Waals surface area (Å²) in [6.07, 6.45) is -0.750. The van der Waals surface area contributed by atoms with Gasteiger partial charge in [0.1, 0.15) is 5.76 Å². The molecule has 0 saturated heterocycles. The number of hydrogen-bond donors (Lipinski definition) is 1. The second kappa shape index (κ2) is 8.47. The van der Waals surface area contributed by atoms with Crippen LogP contribution < -0.4 is 5.32 Å². The van der Waals surface area contributed by atoms with Crippen LogP contribution in [0, 0.1) is 13.8 Å². The molecule has 1 amide bonds. The van der Waals surface area contributed by atoms with Crippen LogP contribution in [-0.4, -0.2) is 33.3 Å². The number of amides is 1. The van der Waals surface area contributed by atoms with Crippen molar-refractivity contribution in [2.24, 2.45) is 0 Å². The Kier molecular flexibility index (Phi) is 5.83. The van der Waals surface area contributed by atoms with E-state index in [4.69, 9.17) is 13.7 Å². The van der Waals surface area contributed by atoms with Crippen LogP contribution in [0.25, 0.3) is 11.5 Å². The molecule has 0 fully saturated rings. The zero-order chi connectivity index (χ0) is 20.1. The smallest absolute Gasteiger partial charge is 0.307 e. The molecule has 1 N–H and O–H groups in total. The summed E-state index contributed by atoms with van der Waals surface area (Å²) in [4.78, 5) is 24.0. The van der Waals surface area contributed by atoms with E-state index in [0.29, 0.717) is 17.5 Å². The van der Waals surface area contributed by atoms with Crippen LogP contribution in [0.15, 0.2) is 39.3 Å². The van der Waals surface area contributed by atoms with E-state index in [2.05, 4.69) is 20.7 Å². The van der Waals surface area contributed by atoms with Crippen LogP contribution in [0.2, 0.25) is 0 Å². The molecule has 2 heterocycles. The lowest BCUT2D eigenvalue weighted by atomic mass is 10.1. The Morgan fingerprint density at radius 3 is 2.61 bits per heavy atom.